The predicted octanol–water partition coefficient (Wildman–Crippen LogP) is 4.37. The average Bonchev–Trinajstić information content (AvgIpc) is 3.08. The molecule has 0 radical (unpaired) electrons. The summed E-state index contributed by atoms with van der Waals surface area (Å²) in [6.45, 7) is 5.77. The van der Waals surface area contributed by atoms with E-state index in [0.29, 0.717) is 21.2 Å². The first-order chi connectivity index (χ1) is 12.2. The third kappa shape index (κ3) is 3.64. The number of nitrogens with zero attached hydrogens (tertiary/aromatic N) is 3. The topological polar surface area (TPSA) is 68.5 Å². The molecule has 0 spiro atoms. The van der Waals surface area contributed by atoms with Crippen LogP contribution >= 0.6 is 11.3 Å². The van der Waals surface area contributed by atoms with Crippen molar-refractivity contribution in [3.05, 3.63) is 40.7 Å². The van der Waals surface area contributed by atoms with Gasteiger partial charge in [-0.25, -0.2) is 0 Å². The van der Waals surface area contributed by atoms with Crippen LogP contribution in [0.1, 0.15) is 41.0 Å². The van der Waals surface area contributed by atoms with Crippen LogP contribution in [-0.4, -0.2) is 26.9 Å². The van der Waals surface area contributed by atoms with Gasteiger partial charge in [-0.15, -0.1) is 23.4 Å². The highest BCUT2D eigenvalue weighted by Crippen LogP contribution is 2.27. The highest BCUT2D eigenvalue weighted by molar-refractivity contribution is 7.19. The van der Waals surface area contributed by atoms with E-state index in [-0.39, 0.29) is 17.6 Å². The molecule has 1 aromatic carbocycles. The number of benzene rings is 1. The van der Waals surface area contributed by atoms with Crippen LogP contribution < -0.4 is 10.1 Å². The Morgan fingerprint density at radius 2 is 1.88 bits per heavy atom. The number of hydrogen-bond donors (Lipinski definition) is 1. The quantitative estimate of drug-likeness (QED) is 0.725. The predicted molar refractivity (Wildman–Crippen MR) is 90.8 cm³/mol. The van der Waals surface area contributed by atoms with E-state index in [9.17, 15) is 18.0 Å². The van der Waals surface area contributed by atoms with Crippen LogP contribution in [0.3, 0.4) is 0 Å². The van der Waals surface area contributed by atoms with Crippen molar-refractivity contribution in [2.24, 2.45) is 0 Å². The maximum Gasteiger partial charge on any atom is 0.573 e. The number of ether oxygens (including phenoxy) is 1. The number of anilines is 1. The van der Waals surface area contributed by atoms with Gasteiger partial charge < -0.3 is 10.1 Å². The molecule has 26 heavy (non-hydrogen) atoms. The first kappa shape index (κ1) is 18.2. The van der Waals surface area contributed by atoms with Gasteiger partial charge in [-0.2, -0.15) is 0 Å². The lowest BCUT2D eigenvalue weighted by molar-refractivity contribution is -0.274. The number of nitrogens with one attached hydrogen (secondary N) is 1. The van der Waals surface area contributed by atoms with Crippen LogP contribution in [0.5, 0.6) is 5.75 Å². The second-order valence-electron chi connectivity index (χ2n) is 5.87. The first-order valence-corrected chi connectivity index (χ1v) is 8.49. The summed E-state index contributed by atoms with van der Waals surface area (Å²) in [4.78, 5) is 13.6. The summed E-state index contributed by atoms with van der Waals surface area (Å²) in [5.74, 6) is 0.197. The van der Waals surface area contributed by atoms with Gasteiger partial charge >= 0.3 is 6.36 Å². The van der Waals surface area contributed by atoms with Gasteiger partial charge in [-0.05, 0) is 31.2 Å². The van der Waals surface area contributed by atoms with Crippen LogP contribution in [0.2, 0.25) is 0 Å². The standard InChI is InChI=1S/C16H15F3N4O2S/c1-8(2)13-21-22-15-23(13)9(3)12(26-15)14(24)20-10-4-6-11(7-5-10)25-16(17,18)19/h4-8H,1-3H3,(H,20,24). The summed E-state index contributed by atoms with van der Waals surface area (Å²) < 4.78 is 42.2. The Balaban J connectivity index is 1.80. The lowest BCUT2D eigenvalue weighted by Crippen LogP contribution is -2.17. The minimum atomic E-state index is -4.75. The zero-order valence-corrected chi connectivity index (χ0v) is 14.9. The molecule has 138 valence electrons. The van der Waals surface area contributed by atoms with Crippen molar-refractivity contribution in [1.82, 2.24) is 14.6 Å². The molecule has 0 atom stereocenters. The molecule has 10 heteroatoms. The van der Waals surface area contributed by atoms with Crippen LogP contribution in [0.25, 0.3) is 4.96 Å². The van der Waals surface area contributed by atoms with Crippen LogP contribution in [0.4, 0.5) is 18.9 Å². The number of hydrogen-bond acceptors (Lipinski definition) is 5. The molecule has 0 saturated heterocycles. The second kappa shape index (κ2) is 6.60. The number of aromatic nitrogens is 3. The van der Waals surface area contributed by atoms with Crippen molar-refractivity contribution < 1.29 is 22.7 Å². The highest BCUT2D eigenvalue weighted by atomic mass is 32.1. The zero-order chi connectivity index (χ0) is 19.1. The Morgan fingerprint density at radius 1 is 1.23 bits per heavy atom. The number of alkyl halides is 3. The van der Waals surface area contributed by atoms with Gasteiger partial charge in [-0.3, -0.25) is 9.20 Å². The van der Waals surface area contributed by atoms with Crippen molar-refractivity contribution in [2.45, 2.75) is 33.1 Å². The molecule has 0 aliphatic rings. The molecule has 0 unspecified atom stereocenters. The van der Waals surface area contributed by atoms with Crippen LogP contribution in [-0.2, 0) is 0 Å². The molecule has 3 rings (SSSR count). The largest absolute Gasteiger partial charge is 0.573 e. The minimum absolute atomic E-state index is 0.149. The van der Waals surface area contributed by atoms with Crippen molar-refractivity contribution >= 4 is 27.9 Å². The number of aryl methyl sites for hydroxylation is 1. The molecule has 3 aromatic rings. The van der Waals surface area contributed by atoms with E-state index in [1.807, 2.05) is 18.2 Å². The molecule has 2 heterocycles. The molecule has 1 N–H and O–H groups in total. The molecule has 2 aromatic heterocycles. The fourth-order valence-corrected chi connectivity index (χ4v) is 3.41. The van der Waals surface area contributed by atoms with Gasteiger partial charge in [-0.1, -0.05) is 25.2 Å². The number of thiazole rings is 1. The Labute approximate surface area is 150 Å². The van der Waals surface area contributed by atoms with Crippen molar-refractivity contribution in [3.8, 4) is 5.75 Å². The molecule has 0 aliphatic carbocycles. The Bertz CT molecular complexity index is 945. The van der Waals surface area contributed by atoms with Gasteiger partial charge in [0.25, 0.3) is 5.91 Å². The number of fused-ring (bicyclic) bond motifs is 1. The number of halogens is 3. The van der Waals surface area contributed by atoms with E-state index in [4.69, 9.17) is 0 Å². The van der Waals surface area contributed by atoms with Gasteiger partial charge in [0.05, 0.1) is 0 Å². The van der Waals surface area contributed by atoms with Gasteiger partial charge in [0, 0.05) is 17.3 Å². The lowest BCUT2D eigenvalue weighted by atomic mass is 10.2. The maximum absolute atomic E-state index is 12.5. The normalized spacial score (nSPS) is 12.0. The van der Waals surface area contributed by atoms with Crippen LogP contribution in [0, 0.1) is 6.92 Å². The number of amides is 1. The molecular weight excluding hydrogens is 369 g/mol. The van der Waals surface area contributed by atoms with Gasteiger partial charge in [0.15, 0.2) is 0 Å². The monoisotopic (exact) mass is 384 g/mol. The van der Waals surface area contributed by atoms with E-state index >= 15 is 0 Å². The fraction of sp³-hybridized carbons (Fsp3) is 0.312. The highest BCUT2D eigenvalue weighted by Gasteiger charge is 2.31. The smallest absolute Gasteiger partial charge is 0.406 e. The van der Waals surface area contributed by atoms with Gasteiger partial charge in [0.1, 0.15) is 16.5 Å². The van der Waals surface area contributed by atoms with Crippen molar-refractivity contribution in [1.29, 1.82) is 0 Å². The van der Waals surface area contributed by atoms with E-state index < -0.39 is 6.36 Å². The van der Waals surface area contributed by atoms with Crippen LogP contribution in [0.15, 0.2) is 24.3 Å². The molecule has 0 fully saturated rings. The number of carbonyl (C=O) groups is 1. The SMILES string of the molecule is Cc1c(C(=O)Nc2ccc(OC(F)(F)F)cc2)sc2nnc(C(C)C)n12. The second-order valence-corrected chi connectivity index (χ2v) is 6.85. The lowest BCUT2D eigenvalue weighted by Gasteiger charge is -2.10. The summed E-state index contributed by atoms with van der Waals surface area (Å²) in [7, 11) is 0. The summed E-state index contributed by atoms with van der Waals surface area (Å²) in [5, 5.41) is 10.9. The summed E-state index contributed by atoms with van der Waals surface area (Å²) in [5.41, 5.74) is 1.07. The third-order valence-electron chi connectivity index (χ3n) is 3.58. The maximum atomic E-state index is 12.5. The zero-order valence-electron chi connectivity index (χ0n) is 14.1. The van der Waals surface area contributed by atoms with Crippen molar-refractivity contribution in [3.63, 3.8) is 0 Å². The average molecular weight is 384 g/mol. The summed E-state index contributed by atoms with van der Waals surface area (Å²) >= 11 is 1.20. The number of carbonyl (C=O) groups excluding carboxylic acids is 1. The van der Waals surface area contributed by atoms with E-state index in [2.05, 4.69) is 20.3 Å². The third-order valence-corrected chi connectivity index (χ3v) is 4.72. The van der Waals surface area contributed by atoms with E-state index in [1.54, 1.807) is 6.92 Å². The molecule has 0 aliphatic heterocycles. The van der Waals surface area contributed by atoms with Crippen molar-refractivity contribution in [2.75, 3.05) is 5.32 Å². The molecule has 6 nitrogen and oxygen atoms in total. The minimum Gasteiger partial charge on any atom is -0.406 e. The number of rotatable bonds is 4. The summed E-state index contributed by atoms with van der Waals surface area (Å²) in [6, 6.07) is 4.96. The van der Waals surface area contributed by atoms with Gasteiger partial charge in [0.2, 0.25) is 4.96 Å². The first-order valence-electron chi connectivity index (χ1n) is 7.67. The molecule has 0 bridgehead atoms. The molecular formula is C16H15F3N4O2S. The fourth-order valence-electron chi connectivity index (χ4n) is 2.44. The van der Waals surface area contributed by atoms with E-state index in [1.165, 1.54) is 23.5 Å². The Kier molecular flexibility index (Phi) is 4.61. The van der Waals surface area contributed by atoms with E-state index in [0.717, 1.165) is 18.0 Å². The molecule has 1 amide bonds. The Hall–Kier alpha value is -2.62. The Morgan fingerprint density at radius 3 is 2.46 bits per heavy atom. The summed E-state index contributed by atoms with van der Waals surface area (Å²) in [6.07, 6.45) is -4.75. The molecule has 0 saturated carbocycles.